The average molecular weight is 723 g/mol. The number of ketones is 1. The van der Waals surface area contributed by atoms with E-state index in [1.54, 1.807) is 0 Å². The van der Waals surface area contributed by atoms with Crippen LogP contribution in [0.3, 0.4) is 0 Å². The molecule has 17 heteroatoms. The van der Waals surface area contributed by atoms with Crippen molar-refractivity contribution >= 4 is 17.7 Å². The highest BCUT2D eigenvalue weighted by molar-refractivity contribution is 5.89. The van der Waals surface area contributed by atoms with Gasteiger partial charge in [-0.15, -0.1) is 0 Å². The van der Waals surface area contributed by atoms with Gasteiger partial charge in [0.25, 0.3) is 0 Å². The van der Waals surface area contributed by atoms with Gasteiger partial charge >= 0.3 is 35.6 Å². The molecule has 8 aliphatic carbocycles. The number of hydrogen-bond donors (Lipinski definition) is 2. The molecule has 4 unspecified atom stereocenters. The number of aliphatic hydroxyl groups excluding tert-OH is 2. The maximum Gasteiger partial charge on any atom is 0.335 e. The molecule has 9 fully saturated rings. The zero-order valence-corrected chi connectivity index (χ0v) is 27.1. The van der Waals surface area contributed by atoms with Crippen molar-refractivity contribution in [2.24, 2.45) is 46.3 Å². The molecule has 1 aliphatic heterocycles. The van der Waals surface area contributed by atoms with Crippen LogP contribution < -0.4 is 0 Å². The Labute approximate surface area is 277 Å². The molecule has 0 aromatic carbocycles. The molecule has 1 spiro atoms. The highest BCUT2D eigenvalue weighted by Crippen LogP contribution is 2.66. The number of halogens is 8. The molecule has 1 heterocycles. The SMILES string of the molecule is COC(=O)C12CC3CC(C1)C(=O)C(C3)C2.COC(=O)C12CC3CC(C1)C1(OCC(F)(F)C(F)(F)CO1)C(C3)C2.OCC(F)(F)C(F)(F)CO. The molecule has 9 aliphatic rings. The third-order valence-corrected chi connectivity index (χ3v) is 12.0. The third-order valence-electron chi connectivity index (χ3n) is 12.0. The van der Waals surface area contributed by atoms with Crippen molar-refractivity contribution in [3.8, 4) is 0 Å². The van der Waals surface area contributed by atoms with E-state index < -0.39 is 61.3 Å². The van der Waals surface area contributed by atoms with E-state index in [0.717, 1.165) is 32.1 Å². The van der Waals surface area contributed by atoms with Gasteiger partial charge in [0.1, 0.15) is 32.2 Å². The van der Waals surface area contributed by atoms with Crippen LogP contribution in [0.1, 0.15) is 64.2 Å². The van der Waals surface area contributed by atoms with Crippen molar-refractivity contribution < 1.29 is 78.7 Å². The van der Waals surface area contributed by atoms with Gasteiger partial charge in [0.15, 0.2) is 5.79 Å². The van der Waals surface area contributed by atoms with Crippen LogP contribution in [-0.2, 0) is 33.3 Å². The fourth-order valence-electron chi connectivity index (χ4n) is 9.97. The zero-order valence-electron chi connectivity index (χ0n) is 27.1. The maximum absolute atomic E-state index is 13.7. The molecule has 2 N–H and O–H groups in total. The number of aliphatic hydroxyl groups is 2. The van der Waals surface area contributed by atoms with Crippen LogP contribution in [0.25, 0.3) is 0 Å². The minimum absolute atomic E-state index is 0.0746. The lowest BCUT2D eigenvalue weighted by atomic mass is 9.47. The number of rotatable bonds is 5. The van der Waals surface area contributed by atoms with Crippen molar-refractivity contribution in [1.82, 2.24) is 0 Å². The van der Waals surface area contributed by atoms with Gasteiger partial charge in [0.05, 0.1) is 25.0 Å². The van der Waals surface area contributed by atoms with E-state index in [4.69, 9.17) is 29.2 Å². The predicted octanol–water partition coefficient (Wildman–Crippen LogP) is 4.80. The molecule has 280 valence electrons. The van der Waals surface area contributed by atoms with E-state index >= 15 is 0 Å². The van der Waals surface area contributed by atoms with Gasteiger partial charge in [-0.2, -0.15) is 35.1 Å². The molecule has 49 heavy (non-hydrogen) atoms. The number of carbonyl (C=O) groups excluding carboxylic acids is 3. The molecule has 9 nitrogen and oxygen atoms in total. The van der Waals surface area contributed by atoms with Crippen LogP contribution >= 0.6 is 0 Å². The van der Waals surface area contributed by atoms with Gasteiger partial charge in [0.2, 0.25) is 0 Å². The van der Waals surface area contributed by atoms with Crippen molar-refractivity contribution in [2.45, 2.75) is 93.7 Å². The van der Waals surface area contributed by atoms with Gasteiger partial charge in [-0.3, -0.25) is 14.4 Å². The number of esters is 2. The summed E-state index contributed by atoms with van der Waals surface area (Å²) in [6.45, 7) is -6.66. The van der Waals surface area contributed by atoms with Crippen molar-refractivity contribution in [1.29, 1.82) is 0 Å². The fourth-order valence-corrected chi connectivity index (χ4v) is 9.97. The van der Waals surface area contributed by atoms with Gasteiger partial charge in [-0.1, -0.05) is 0 Å². The largest absolute Gasteiger partial charge is 0.469 e. The van der Waals surface area contributed by atoms with E-state index in [1.807, 2.05) is 0 Å². The molecule has 1 saturated heterocycles. The van der Waals surface area contributed by atoms with E-state index in [1.165, 1.54) is 14.2 Å². The summed E-state index contributed by atoms with van der Waals surface area (Å²) in [6.07, 6.45) is 7.26. The van der Waals surface area contributed by atoms with Crippen molar-refractivity contribution in [3.05, 3.63) is 0 Å². The number of hydrogen-bond acceptors (Lipinski definition) is 9. The number of ether oxygens (including phenoxy) is 4. The summed E-state index contributed by atoms with van der Waals surface area (Å²) in [4.78, 5) is 36.0. The molecule has 0 aromatic rings. The lowest BCUT2D eigenvalue weighted by Crippen LogP contribution is -2.65. The van der Waals surface area contributed by atoms with E-state index in [0.29, 0.717) is 43.8 Å². The van der Waals surface area contributed by atoms with Gasteiger partial charge in [-0.25, -0.2) is 0 Å². The summed E-state index contributed by atoms with van der Waals surface area (Å²) in [5, 5.41) is 15.4. The summed E-state index contributed by atoms with van der Waals surface area (Å²) in [5.41, 5.74) is -0.945. The zero-order chi connectivity index (χ0) is 36.4. The Morgan fingerprint density at radius 3 is 1.43 bits per heavy atom. The Morgan fingerprint density at radius 1 is 0.694 bits per heavy atom. The molecular formula is C32H42F8O9. The fraction of sp³-hybridized carbons (Fsp3) is 0.906. The van der Waals surface area contributed by atoms with Gasteiger partial charge in [0, 0.05) is 23.7 Å². The van der Waals surface area contributed by atoms with Crippen LogP contribution in [0, 0.1) is 46.3 Å². The Hall–Kier alpha value is -2.11. The molecule has 8 saturated carbocycles. The average Bonchev–Trinajstić information content (AvgIpc) is 3.14. The summed E-state index contributed by atoms with van der Waals surface area (Å²) >= 11 is 0. The number of alkyl halides is 8. The molecular weight excluding hydrogens is 680 g/mol. The first-order valence-electron chi connectivity index (χ1n) is 16.4. The number of Topliss-reactive ketones (excluding diaryl/α,β-unsaturated/α-hetero) is 1. The van der Waals surface area contributed by atoms with Crippen LogP contribution in [0.5, 0.6) is 0 Å². The number of carbonyl (C=O) groups is 3. The second kappa shape index (κ2) is 12.8. The number of methoxy groups -OCH3 is 2. The Balaban J connectivity index is 0.000000160. The second-order valence-electron chi connectivity index (χ2n) is 15.1. The minimum atomic E-state index is -4.54. The topological polar surface area (TPSA) is 129 Å². The summed E-state index contributed by atoms with van der Waals surface area (Å²) in [7, 11) is 2.79. The second-order valence-corrected chi connectivity index (χ2v) is 15.1. The molecule has 0 amide bonds. The Bertz CT molecular complexity index is 1220. The first kappa shape index (κ1) is 38.1. The molecule has 0 radical (unpaired) electrons. The molecule has 4 atom stereocenters. The van der Waals surface area contributed by atoms with Crippen LogP contribution in [0.4, 0.5) is 35.1 Å². The van der Waals surface area contributed by atoms with Gasteiger partial charge < -0.3 is 29.2 Å². The minimum Gasteiger partial charge on any atom is -0.469 e. The molecule has 0 aromatic heterocycles. The van der Waals surface area contributed by atoms with Crippen molar-refractivity contribution in [2.75, 3.05) is 40.6 Å². The van der Waals surface area contributed by atoms with E-state index in [9.17, 15) is 49.5 Å². The summed E-state index contributed by atoms with van der Waals surface area (Å²) < 4.78 is 122. The lowest BCUT2D eigenvalue weighted by Gasteiger charge is -2.62. The maximum atomic E-state index is 13.7. The standard InChI is InChI=1S/C16H20F4O4.C12H16O3.C4H6F4O2/c1-22-12(21)13-4-9-2-10(5-13)16(11(3-9)6-13)23-7-14(17,18)15(19,20)8-24-16;1-15-11(14)12-4-7-2-8(5-12)10(13)9(3-7)6-12;5-3(6,1-9)4(7,8)2-10/h9-11H,2-8H2,1H3;7-9H,2-6H2,1H3;9-10H,1-2H2. The molecule has 9 rings (SSSR count). The smallest absolute Gasteiger partial charge is 0.335 e. The molecule has 8 bridgehead atoms. The Kier molecular flexibility index (Phi) is 9.99. The first-order chi connectivity index (χ1) is 22.7. The summed E-state index contributed by atoms with van der Waals surface area (Å²) in [5.74, 6) is -18.5. The van der Waals surface area contributed by atoms with Crippen molar-refractivity contribution in [3.63, 3.8) is 0 Å². The highest BCUT2D eigenvalue weighted by Gasteiger charge is 2.70. The highest BCUT2D eigenvalue weighted by atomic mass is 19.3. The summed E-state index contributed by atoms with van der Waals surface area (Å²) in [6, 6.07) is 0. The van der Waals surface area contributed by atoms with Gasteiger partial charge in [-0.05, 0) is 76.0 Å². The van der Waals surface area contributed by atoms with Crippen LogP contribution in [0.15, 0.2) is 0 Å². The monoisotopic (exact) mass is 722 g/mol. The normalized spacial score (nSPS) is 38.9. The van der Waals surface area contributed by atoms with E-state index in [2.05, 4.69) is 0 Å². The van der Waals surface area contributed by atoms with E-state index in [-0.39, 0.29) is 46.9 Å². The quantitative estimate of drug-likeness (QED) is 0.304. The Morgan fingerprint density at radius 2 is 1.06 bits per heavy atom. The van der Waals surface area contributed by atoms with Crippen LogP contribution in [0.2, 0.25) is 0 Å². The lowest BCUT2D eigenvalue weighted by molar-refractivity contribution is -0.345. The predicted molar refractivity (Wildman–Crippen MR) is 150 cm³/mol. The first-order valence-corrected chi connectivity index (χ1v) is 16.4. The third kappa shape index (κ3) is 6.36. The van der Waals surface area contributed by atoms with Crippen LogP contribution in [-0.4, -0.2) is 98.1 Å².